The average Bonchev–Trinajstić information content (AvgIpc) is 3.51. The summed E-state index contributed by atoms with van der Waals surface area (Å²) in [5, 5.41) is 9.65. The van der Waals surface area contributed by atoms with Gasteiger partial charge in [-0.3, -0.25) is 9.36 Å². The van der Waals surface area contributed by atoms with Crippen molar-refractivity contribution in [2.75, 3.05) is 14.2 Å². The second-order valence-electron chi connectivity index (χ2n) is 9.00. The Labute approximate surface area is 236 Å². The maximum Gasteiger partial charge on any atom is 0.338 e. The monoisotopic (exact) mass is 578 g/mol. The van der Waals surface area contributed by atoms with E-state index in [-0.39, 0.29) is 16.7 Å². The first kappa shape index (κ1) is 27.2. The zero-order valence-electron chi connectivity index (χ0n) is 21.9. The second-order valence-corrected chi connectivity index (χ2v) is 10.4. The fourth-order valence-electron chi connectivity index (χ4n) is 4.68. The van der Waals surface area contributed by atoms with Crippen LogP contribution in [0.3, 0.4) is 0 Å². The smallest absolute Gasteiger partial charge is 0.338 e. The molecule has 0 radical (unpaired) electrons. The lowest BCUT2D eigenvalue weighted by molar-refractivity contribution is -0.136. The number of carbonyl (C=O) groups excluding carboxylic acids is 1. The normalized spacial score (nSPS) is 15.0. The molecule has 0 saturated carbocycles. The predicted molar refractivity (Wildman–Crippen MR) is 150 cm³/mol. The number of carbonyl (C=O) groups is 2. The second kappa shape index (κ2) is 10.6. The number of carboxylic acid groups (broad SMARTS) is 1. The average molecular weight is 579 g/mol. The summed E-state index contributed by atoms with van der Waals surface area (Å²) in [6.07, 6.45) is 1.61. The lowest BCUT2D eigenvalue weighted by Gasteiger charge is -2.25. The summed E-state index contributed by atoms with van der Waals surface area (Å²) < 4.78 is 18.4. The van der Waals surface area contributed by atoms with Crippen molar-refractivity contribution in [2.45, 2.75) is 19.9 Å². The molecule has 0 bridgehead atoms. The van der Waals surface area contributed by atoms with Crippen LogP contribution in [0, 0.1) is 6.92 Å². The van der Waals surface area contributed by atoms with Gasteiger partial charge in [-0.1, -0.05) is 29.0 Å². The standard InChI is InChI=1S/C29H23ClN2O7S/c1-14-11-16(27(34)35)5-8-19(14)22-10-7-18(39-22)13-23-26(33)32-25(20-12-17(30)6-9-21(20)37-3)24(28(36)38-4)15(2)31-29(32)40-23/h5-13,25H,1-4H3,(H,34,35)/b23-13-/t25-/m0/s1. The molecule has 11 heteroatoms. The molecule has 1 aliphatic rings. The number of hydrogen-bond donors (Lipinski definition) is 1. The van der Waals surface area contributed by atoms with Crippen LogP contribution < -0.4 is 19.6 Å². The van der Waals surface area contributed by atoms with Gasteiger partial charge in [-0.2, -0.15) is 0 Å². The van der Waals surface area contributed by atoms with Gasteiger partial charge in [0.15, 0.2) is 4.80 Å². The number of aromatic nitrogens is 1. The highest BCUT2D eigenvalue weighted by Gasteiger charge is 2.35. The Hall–Kier alpha value is -4.41. The Balaban J connectivity index is 1.65. The van der Waals surface area contributed by atoms with Crippen LogP contribution in [-0.4, -0.2) is 35.8 Å². The van der Waals surface area contributed by atoms with E-state index in [2.05, 4.69) is 4.99 Å². The Kier molecular flexibility index (Phi) is 7.22. The van der Waals surface area contributed by atoms with Gasteiger partial charge in [0.05, 0.1) is 35.6 Å². The number of esters is 1. The molecule has 0 fully saturated rings. The lowest BCUT2D eigenvalue weighted by Crippen LogP contribution is -2.40. The number of halogens is 1. The molecule has 40 heavy (non-hydrogen) atoms. The number of nitrogens with zero attached hydrogens (tertiary/aromatic N) is 2. The highest BCUT2D eigenvalue weighted by Crippen LogP contribution is 2.37. The molecule has 1 aliphatic heterocycles. The van der Waals surface area contributed by atoms with E-state index in [0.29, 0.717) is 42.9 Å². The molecule has 5 rings (SSSR count). The number of carboxylic acids is 1. The SMILES string of the molecule is COC(=O)C1=C(C)N=c2s/c(=C\c3ccc(-c4ccc(C(=O)O)cc4C)o3)c(=O)n2[C@H]1c1cc(Cl)ccc1OC. The fourth-order valence-corrected chi connectivity index (χ4v) is 5.89. The molecule has 9 nitrogen and oxygen atoms in total. The molecule has 2 aromatic heterocycles. The van der Waals surface area contributed by atoms with E-state index in [1.807, 2.05) is 0 Å². The number of ether oxygens (including phenoxy) is 2. The molecule has 0 aliphatic carbocycles. The molecular weight excluding hydrogens is 556 g/mol. The van der Waals surface area contributed by atoms with Crippen LogP contribution in [0.4, 0.5) is 0 Å². The highest BCUT2D eigenvalue weighted by molar-refractivity contribution is 7.07. The molecule has 0 unspecified atom stereocenters. The number of aryl methyl sites for hydroxylation is 1. The topological polar surface area (TPSA) is 120 Å². The van der Waals surface area contributed by atoms with Crippen LogP contribution in [0.2, 0.25) is 5.02 Å². The van der Waals surface area contributed by atoms with Crippen molar-refractivity contribution in [1.29, 1.82) is 0 Å². The number of hydrogen-bond acceptors (Lipinski definition) is 8. The van der Waals surface area contributed by atoms with E-state index in [4.69, 9.17) is 25.5 Å². The van der Waals surface area contributed by atoms with Gasteiger partial charge in [0.1, 0.15) is 23.3 Å². The molecule has 4 aromatic rings. The number of thiazole rings is 1. The van der Waals surface area contributed by atoms with Crippen LogP contribution in [0.1, 0.15) is 40.2 Å². The third kappa shape index (κ3) is 4.76. The van der Waals surface area contributed by atoms with Gasteiger partial charge in [-0.15, -0.1) is 0 Å². The maximum absolute atomic E-state index is 13.8. The van der Waals surface area contributed by atoms with Crippen molar-refractivity contribution < 1.29 is 28.6 Å². The molecule has 1 atom stereocenters. The summed E-state index contributed by atoms with van der Waals surface area (Å²) in [7, 11) is 2.77. The molecule has 1 N–H and O–H groups in total. The highest BCUT2D eigenvalue weighted by atomic mass is 35.5. The summed E-state index contributed by atoms with van der Waals surface area (Å²) in [5.41, 5.74) is 2.39. The van der Waals surface area contributed by atoms with Gasteiger partial charge in [0.2, 0.25) is 0 Å². The van der Waals surface area contributed by atoms with Crippen LogP contribution in [0.15, 0.2) is 74.0 Å². The first-order valence-electron chi connectivity index (χ1n) is 12.0. The minimum atomic E-state index is -1.01. The van der Waals surface area contributed by atoms with Gasteiger partial charge < -0.3 is 19.0 Å². The fraction of sp³-hybridized carbons (Fsp3) is 0.172. The van der Waals surface area contributed by atoms with Gasteiger partial charge in [0.25, 0.3) is 5.56 Å². The van der Waals surface area contributed by atoms with E-state index in [9.17, 15) is 19.5 Å². The Bertz CT molecular complexity index is 1900. The van der Waals surface area contributed by atoms with Gasteiger partial charge >= 0.3 is 11.9 Å². The van der Waals surface area contributed by atoms with Gasteiger partial charge in [-0.25, -0.2) is 14.6 Å². The third-order valence-corrected chi connectivity index (χ3v) is 7.77. The van der Waals surface area contributed by atoms with Gasteiger partial charge in [-0.05, 0) is 61.9 Å². The van der Waals surface area contributed by atoms with Crippen molar-refractivity contribution in [1.82, 2.24) is 4.57 Å². The first-order chi connectivity index (χ1) is 19.1. The summed E-state index contributed by atoms with van der Waals surface area (Å²) >= 11 is 7.47. The van der Waals surface area contributed by atoms with Crippen molar-refractivity contribution in [2.24, 2.45) is 4.99 Å². The molecule has 2 aromatic carbocycles. The largest absolute Gasteiger partial charge is 0.496 e. The summed E-state index contributed by atoms with van der Waals surface area (Å²) in [4.78, 5) is 42.9. The van der Waals surface area contributed by atoms with Crippen molar-refractivity contribution >= 4 is 41.0 Å². The van der Waals surface area contributed by atoms with E-state index >= 15 is 0 Å². The van der Waals surface area contributed by atoms with Gasteiger partial charge in [0, 0.05) is 22.2 Å². The van der Waals surface area contributed by atoms with Crippen LogP contribution in [0.5, 0.6) is 5.75 Å². The molecule has 204 valence electrons. The quantitative estimate of drug-likeness (QED) is 0.338. The van der Waals surface area contributed by atoms with Crippen molar-refractivity contribution in [3.63, 3.8) is 0 Å². The van der Waals surface area contributed by atoms with Crippen LogP contribution in [0.25, 0.3) is 17.4 Å². The molecular formula is C29H23ClN2O7S. The van der Waals surface area contributed by atoms with Crippen molar-refractivity contribution in [3.05, 3.63) is 107 Å². The number of methoxy groups -OCH3 is 2. The minimum Gasteiger partial charge on any atom is -0.496 e. The predicted octanol–water partition coefficient (Wildman–Crippen LogP) is 4.34. The van der Waals surface area contributed by atoms with Crippen molar-refractivity contribution in [3.8, 4) is 17.1 Å². The zero-order chi connectivity index (χ0) is 28.7. The number of benzene rings is 2. The summed E-state index contributed by atoms with van der Waals surface area (Å²) in [5.74, 6) is -0.242. The summed E-state index contributed by atoms with van der Waals surface area (Å²) in [6.45, 7) is 3.48. The summed E-state index contributed by atoms with van der Waals surface area (Å²) in [6, 6.07) is 12.3. The van der Waals surface area contributed by atoms with Crippen LogP contribution >= 0.6 is 22.9 Å². The number of aromatic carboxylic acids is 1. The van der Waals surface area contributed by atoms with E-state index in [1.165, 1.54) is 24.9 Å². The van der Waals surface area contributed by atoms with E-state index < -0.39 is 18.0 Å². The number of fused-ring (bicyclic) bond motifs is 1. The Morgan fingerprint density at radius 2 is 1.90 bits per heavy atom. The van der Waals surface area contributed by atoms with E-state index in [0.717, 1.165) is 22.5 Å². The number of rotatable bonds is 6. The number of allylic oxidation sites excluding steroid dienone is 1. The maximum atomic E-state index is 13.8. The zero-order valence-corrected chi connectivity index (χ0v) is 23.4. The Morgan fingerprint density at radius 1 is 1.12 bits per heavy atom. The first-order valence-corrected chi connectivity index (χ1v) is 13.2. The Morgan fingerprint density at radius 3 is 2.58 bits per heavy atom. The molecule has 0 saturated heterocycles. The van der Waals surface area contributed by atoms with E-state index in [1.54, 1.807) is 62.4 Å². The minimum absolute atomic E-state index is 0.182. The molecule has 3 heterocycles. The molecule has 0 spiro atoms. The third-order valence-electron chi connectivity index (χ3n) is 6.55. The number of furan rings is 1. The molecule has 0 amide bonds. The lowest BCUT2D eigenvalue weighted by atomic mass is 9.95. The van der Waals surface area contributed by atoms with Crippen LogP contribution in [-0.2, 0) is 9.53 Å².